The molecule has 0 amide bonds. The number of hydrogen-bond acceptors (Lipinski definition) is 3. The van der Waals surface area contributed by atoms with Crippen molar-refractivity contribution < 1.29 is 9.13 Å². The van der Waals surface area contributed by atoms with E-state index in [2.05, 4.69) is 10.3 Å². The van der Waals surface area contributed by atoms with Gasteiger partial charge in [-0.1, -0.05) is 0 Å². The molecule has 16 heavy (non-hydrogen) atoms. The Hall–Kier alpha value is -1.00. The average Bonchev–Trinajstić information content (AvgIpc) is 2.31. The first-order chi connectivity index (χ1) is 7.69. The van der Waals surface area contributed by atoms with Crippen LogP contribution >= 0.6 is 0 Å². The molecule has 0 fully saturated rings. The van der Waals surface area contributed by atoms with Gasteiger partial charge in [-0.2, -0.15) is 0 Å². The van der Waals surface area contributed by atoms with Crippen molar-refractivity contribution in [1.82, 2.24) is 10.3 Å². The van der Waals surface area contributed by atoms with Gasteiger partial charge < -0.3 is 10.1 Å². The Bertz CT molecular complexity index is 320. The van der Waals surface area contributed by atoms with Crippen LogP contribution in [0.1, 0.15) is 31.4 Å². The Kier molecular flexibility index (Phi) is 5.35. The summed E-state index contributed by atoms with van der Waals surface area (Å²) in [6.45, 7) is 2.01. The quantitative estimate of drug-likeness (QED) is 0.808. The highest BCUT2D eigenvalue weighted by atomic mass is 19.1. The van der Waals surface area contributed by atoms with Gasteiger partial charge in [-0.05, 0) is 32.9 Å². The molecule has 4 heteroatoms. The molecule has 0 saturated carbocycles. The number of rotatable bonds is 6. The second kappa shape index (κ2) is 6.55. The summed E-state index contributed by atoms with van der Waals surface area (Å²) < 4.78 is 18.7. The van der Waals surface area contributed by atoms with Gasteiger partial charge in [0, 0.05) is 24.9 Å². The van der Waals surface area contributed by atoms with E-state index in [0.717, 1.165) is 12.8 Å². The topological polar surface area (TPSA) is 34.1 Å². The number of hydrogen-bond donors (Lipinski definition) is 1. The van der Waals surface area contributed by atoms with Gasteiger partial charge in [0.15, 0.2) is 0 Å². The van der Waals surface area contributed by atoms with Gasteiger partial charge in [-0.3, -0.25) is 4.98 Å². The normalized spacial score (nSPS) is 14.8. The van der Waals surface area contributed by atoms with Crippen molar-refractivity contribution in [3.8, 4) is 0 Å². The van der Waals surface area contributed by atoms with Crippen molar-refractivity contribution in [2.75, 3.05) is 14.2 Å². The lowest BCUT2D eigenvalue weighted by Gasteiger charge is -2.18. The Balaban J connectivity index is 2.64. The lowest BCUT2D eigenvalue weighted by molar-refractivity contribution is 0.106. The van der Waals surface area contributed by atoms with E-state index in [9.17, 15) is 4.39 Å². The number of nitrogens with one attached hydrogen (secondary N) is 1. The van der Waals surface area contributed by atoms with Crippen LogP contribution in [0.5, 0.6) is 0 Å². The van der Waals surface area contributed by atoms with Crippen LogP contribution in [0.2, 0.25) is 0 Å². The first-order valence-corrected chi connectivity index (χ1v) is 5.48. The average molecular weight is 226 g/mol. The van der Waals surface area contributed by atoms with Crippen molar-refractivity contribution in [1.29, 1.82) is 0 Å². The summed E-state index contributed by atoms with van der Waals surface area (Å²) in [5.41, 5.74) is 0.667. The summed E-state index contributed by atoms with van der Waals surface area (Å²) in [6, 6.07) is 1.73. The van der Waals surface area contributed by atoms with E-state index in [0.29, 0.717) is 5.56 Å². The molecule has 0 aromatic carbocycles. The highest BCUT2D eigenvalue weighted by Gasteiger charge is 2.14. The molecule has 0 aliphatic carbocycles. The van der Waals surface area contributed by atoms with Crippen molar-refractivity contribution in [2.24, 2.45) is 0 Å². The summed E-state index contributed by atoms with van der Waals surface area (Å²) in [7, 11) is 3.52. The summed E-state index contributed by atoms with van der Waals surface area (Å²) in [5.74, 6) is -0.257. The Morgan fingerprint density at radius 2 is 2.25 bits per heavy atom. The molecule has 2 unspecified atom stereocenters. The predicted molar refractivity (Wildman–Crippen MR) is 61.7 cm³/mol. The van der Waals surface area contributed by atoms with Crippen LogP contribution in [0.4, 0.5) is 4.39 Å². The second-order valence-corrected chi connectivity index (χ2v) is 3.86. The Labute approximate surface area is 96.0 Å². The minimum atomic E-state index is -0.257. The molecule has 0 radical (unpaired) electrons. The van der Waals surface area contributed by atoms with Gasteiger partial charge in [0.25, 0.3) is 0 Å². The monoisotopic (exact) mass is 226 g/mol. The fraction of sp³-hybridized carbons (Fsp3) is 0.583. The zero-order chi connectivity index (χ0) is 12.0. The fourth-order valence-electron chi connectivity index (χ4n) is 1.64. The SMILES string of the molecule is CNC(CCC(C)OC)c1ccncc1F. The van der Waals surface area contributed by atoms with Gasteiger partial charge in [0.1, 0.15) is 5.82 Å². The molecule has 0 bridgehead atoms. The number of ether oxygens (including phenoxy) is 1. The smallest absolute Gasteiger partial charge is 0.146 e. The van der Waals surface area contributed by atoms with Crippen molar-refractivity contribution in [2.45, 2.75) is 31.9 Å². The molecule has 3 nitrogen and oxygen atoms in total. The van der Waals surface area contributed by atoms with Crippen LogP contribution in [0.15, 0.2) is 18.5 Å². The number of aromatic nitrogens is 1. The fourth-order valence-corrected chi connectivity index (χ4v) is 1.64. The van der Waals surface area contributed by atoms with Crippen LogP contribution in [0.25, 0.3) is 0 Å². The Morgan fingerprint density at radius 1 is 1.50 bits per heavy atom. The molecular weight excluding hydrogens is 207 g/mol. The van der Waals surface area contributed by atoms with Crippen molar-refractivity contribution in [3.05, 3.63) is 29.8 Å². The van der Waals surface area contributed by atoms with Crippen LogP contribution in [-0.4, -0.2) is 25.2 Å². The molecular formula is C12H19FN2O. The van der Waals surface area contributed by atoms with E-state index >= 15 is 0 Å². The molecule has 1 aromatic rings. The molecule has 0 aliphatic heterocycles. The van der Waals surface area contributed by atoms with Gasteiger partial charge in [0.05, 0.1) is 12.3 Å². The highest BCUT2D eigenvalue weighted by Crippen LogP contribution is 2.21. The highest BCUT2D eigenvalue weighted by molar-refractivity contribution is 5.17. The first kappa shape index (κ1) is 13.1. The van der Waals surface area contributed by atoms with E-state index in [1.54, 1.807) is 19.4 Å². The molecule has 2 atom stereocenters. The van der Waals surface area contributed by atoms with E-state index < -0.39 is 0 Å². The zero-order valence-corrected chi connectivity index (χ0v) is 10.0. The molecule has 0 spiro atoms. The van der Waals surface area contributed by atoms with Crippen LogP contribution in [0, 0.1) is 5.82 Å². The van der Waals surface area contributed by atoms with E-state index in [1.165, 1.54) is 6.20 Å². The van der Waals surface area contributed by atoms with Crippen molar-refractivity contribution >= 4 is 0 Å². The van der Waals surface area contributed by atoms with E-state index in [4.69, 9.17) is 4.74 Å². The third-order valence-corrected chi connectivity index (χ3v) is 2.79. The largest absolute Gasteiger partial charge is 0.382 e. The summed E-state index contributed by atoms with van der Waals surface area (Å²) in [4.78, 5) is 3.75. The minimum Gasteiger partial charge on any atom is -0.382 e. The van der Waals surface area contributed by atoms with Crippen LogP contribution in [-0.2, 0) is 4.74 Å². The third kappa shape index (κ3) is 3.54. The third-order valence-electron chi connectivity index (χ3n) is 2.79. The molecule has 0 saturated heterocycles. The maximum absolute atomic E-state index is 13.5. The molecule has 1 heterocycles. The lowest BCUT2D eigenvalue weighted by Crippen LogP contribution is -2.19. The lowest BCUT2D eigenvalue weighted by atomic mass is 10.0. The van der Waals surface area contributed by atoms with E-state index in [1.807, 2.05) is 14.0 Å². The Morgan fingerprint density at radius 3 is 2.81 bits per heavy atom. The minimum absolute atomic E-state index is 0.0144. The number of halogens is 1. The van der Waals surface area contributed by atoms with Crippen LogP contribution < -0.4 is 5.32 Å². The van der Waals surface area contributed by atoms with E-state index in [-0.39, 0.29) is 18.0 Å². The zero-order valence-electron chi connectivity index (χ0n) is 10.0. The molecule has 1 N–H and O–H groups in total. The maximum atomic E-state index is 13.5. The summed E-state index contributed by atoms with van der Waals surface area (Å²) in [5, 5.41) is 3.12. The maximum Gasteiger partial charge on any atom is 0.146 e. The predicted octanol–water partition coefficient (Wildman–Crippen LogP) is 2.30. The van der Waals surface area contributed by atoms with Crippen LogP contribution in [0.3, 0.4) is 0 Å². The van der Waals surface area contributed by atoms with Gasteiger partial charge in [-0.15, -0.1) is 0 Å². The molecule has 1 rings (SSSR count). The molecule has 1 aromatic heterocycles. The first-order valence-electron chi connectivity index (χ1n) is 5.48. The van der Waals surface area contributed by atoms with Gasteiger partial charge >= 0.3 is 0 Å². The van der Waals surface area contributed by atoms with Gasteiger partial charge in [0.2, 0.25) is 0 Å². The summed E-state index contributed by atoms with van der Waals surface area (Å²) in [6.07, 6.45) is 4.79. The molecule has 0 aliphatic rings. The standard InChI is InChI=1S/C12H19FN2O/c1-9(16-3)4-5-12(14-2)10-6-7-15-8-11(10)13/h6-9,12,14H,4-5H2,1-3H3. The van der Waals surface area contributed by atoms with Crippen molar-refractivity contribution in [3.63, 3.8) is 0 Å². The summed E-state index contributed by atoms with van der Waals surface area (Å²) >= 11 is 0. The van der Waals surface area contributed by atoms with Gasteiger partial charge in [-0.25, -0.2) is 4.39 Å². The molecule has 90 valence electrons. The number of methoxy groups -OCH3 is 1. The second-order valence-electron chi connectivity index (χ2n) is 3.86. The number of pyridine rings is 1. The number of nitrogens with zero attached hydrogens (tertiary/aromatic N) is 1.